The second-order valence-electron chi connectivity index (χ2n) is 5.28. The number of hydrogen-bond donors (Lipinski definition) is 1. The van der Waals surface area contributed by atoms with Crippen LogP contribution in [0, 0.1) is 0 Å². The smallest absolute Gasteiger partial charge is 0.238 e. The van der Waals surface area contributed by atoms with E-state index in [1.54, 1.807) is 23.1 Å². The highest BCUT2D eigenvalue weighted by Crippen LogP contribution is 2.18. The van der Waals surface area contributed by atoms with Gasteiger partial charge in [0, 0.05) is 23.6 Å². The lowest BCUT2D eigenvalue weighted by atomic mass is 10.2. The maximum absolute atomic E-state index is 12.2. The molecule has 124 valence electrons. The Bertz CT molecular complexity index is 624. The summed E-state index contributed by atoms with van der Waals surface area (Å²) in [6, 6.07) is 7.09. The van der Waals surface area contributed by atoms with Crippen molar-refractivity contribution in [1.82, 2.24) is 4.90 Å². The second-order valence-corrected chi connectivity index (χ2v) is 8.26. The van der Waals surface area contributed by atoms with Crippen LogP contribution in [0.5, 0.6) is 0 Å². The van der Waals surface area contributed by atoms with Gasteiger partial charge in [0.15, 0.2) is 9.84 Å². The summed E-state index contributed by atoms with van der Waals surface area (Å²) in [5.74, 6) is -0.909. The molecule has 8 heteroatoms. The molecular formula is C14H20BrClN2O3S. The normalized spacial score (nSPS) is 18.1. The molecule has 1 saturated heterocycles. The molecule has 22 heavy (non-hydrogen) atoms. The monoisotopic (exact) mass is 410 g/mol. The fraction of sp³-hybridized carbons (Fsp3) is 0.500. The first-order chi connectivity index (χ1) is 9.91. The molecule has 0 saturated carbocycles. The van der Waals surface area contributed by atoms with E-state index in [0.29, 0.717) is 18.7 Å². The lowest BCUT2D eigenvalue weighted by Gasteiger charge is -2.23. The molecule has 1 amide bonds. The third-order valence-corrected chi connectivity index (χ3v) is 5.54. The van der Waals surface area contributed by atoms with Gasteiger partial charge in [-0.2, -0.15) is 0 Å². The van der Waals surface area contributed by atoms with Gasteiger partial charge >= 0.3 is 0 Å². The molecule has 1 aliphatic rings. The molecule has 0 radical (unpaired) electrons. The Morgan fingerprint density at radius 3 is 2.77 bits per heavy atom. The van der Waals surface area contributed by atoms with E-state index in [1.165, 1.54) is 0 Å². The Morgan fingerprint density at radius 2 is 2.14 bits per heavy atom. The molecule has 1 heterocycles. The van der Waals surface area contributed by atoms with Crippen LogP contribution in [-0.4, -0.2) is 44.1 Å². The molecule has 1 unspecified atom stereocenters. The van der Waals surface area contributed by atoms with Crippen molar-refractivity contribution in [3.05, 3.63) is 34.3 Å². The molecular weight excluding hydrogens is 392 g/mol. The van der Waals surface area contributed by atoms with Crippen LogP contribution < -0.4 is 5.73 Å². The van der Waals surface area contributed by atoms with Crippen molar-refractivity contribution in [3.63, 3.8) is 0 Å². The van der Waals surface area contributed by atoms with Gasteiger partial charge < -0.3 is 10.6 Å². The third kappa shape index (κ3) is 5.22. The summed E-state index contributed by atoms with van der Waals surface area (Å²) >= 11 is 3.31. The number of hydrogen-bond acceptors (Lipinski definition) is 4. The van der Waals surface area contributed by atoms with Gasteiger partial charge in [0.05, 0.1) is 5.75 Å². The molecule has 1 atom stereocenters. The van der Waals surface area contributed by atoms with E-state index in [2.05, 4.69) is 15.9 Å². The minimum Gasteiger partial charge on any atom is -0.338 e. The van der Waals surface area contributed by atoms with Crippen LogP contribution in [-0.2, 0) is 20.4 Å². The lowest BCUT2D eigenvalue weighted by molar-refractivity contribution is -0.129. The number of likely N-dealkylation sites (tertiary alicyclic amines) is 1. The lowest BCUT2D eigenvalue weighted by Crippen LogP contribution is -2.42. The average Bonchev–Trinajstić information content (AvgIpc) is 2.85. The zero-order chi connectivity index (χ0) is 15.5. The minimum atomic E-state index is -3.47. The number of nitrogens with two attached hydrogens (primary N) is 1. The van der Waals surface area contributed by atoms with E-state index < -0.39 is 15.6 Å². The number of sulfone groups is 1. The van der Waals surface area contributed by atoms with E-state index in [9.17, 15) is 13.2 Å². The zero-order valence-corrected chi connectivity index (χ0v) is 15.3. The van der Waals surface area contributed by atoms with Crippen molar-refractivity contribution in [2.75, 3.05) is 18.8 Å². The van der Waals surface area contributed by atoms with Gasteiger partial charge in [-0.1, -0.05) is 28.1 Å². The van der Waals surface area contributed by atoms with Crippen molar-refractivity contribution >= 4 is 44.1 Å². The van der Waals surface area contributed by atoms with Crippen molar-refractivity contribution in [1.29, 1.82) is 0 Å². The highest BCUT2D eigenvalue weighted by Gasteiger charge is 2.30. The van der Waals surface area contributed by atoms with Gasteiger partial charge in [-0.3, -0.25) is 4.79 Å². The SMILES string of the molecule is Cl.NCC1CCCN1C(=O)CS(=O)(=O)Cc1cccc(Br)c1. The van der Waals surface area contributed by atoms with E-state index in [1.807, 2.05) is 6.07 Å². The maximum atomic E-state index is 12.2. The molecule has 0 spiro atoms. The number of halogens is 2. The number of carbonyl (C=O) groups is 1. The third-order valence-electron chi connectivity index (χ3n) is 3.59. The number of nitrogens with zero attached hydrogens (tertiary/aromatic N) is 1. The highest BCUT2D eigenvalue weighted by molar-refractivity contribution is 9.10. The minimum absolute atomic E-state index is 0. The molecule has 1 aliphatic heterocycles. The van der Waals surface area contributed by atoms with E-state index in [0.717, 1.165) is 17.3 Å². The highest BCUT2D eigenvalue weighted by atomic mass is 79.9. The van der Waals surface area contributed by atoms with Crippen LogP contribution >= 0.6 is 28.3 Å². The van der Waals surface area contributed by atoms with E-state index in [-0.39, 0.29) is 30.1 Å². The Kier molecular flexibility index (Phi) is 7.31. The van der Waals surface area contributed by atoms with Gasteiger partial charge in [-0.05, 0) is 30.5 Å². The van der Waals surface area contributed by atoms with Crippen LogP contribution in [0.3, 0.4) is 0 Å². The summed E-state index contributed by atoms with van der Waals surface area (Å²) in [4.78, 5) is 13.8. The Balaban J connectivity index is 0.00000242. The van der Waals surface area contributed by atoms with Crippen molar-refractivity contribution < 1.29 is 13.2 Å². The summed E-state index contributed by atoms with van der Waals surface area (Å²) < 4.78 is 25.2. The molecule has 2 N–H and O–H groups in total. The maximum Gasteiger partial charge on any atom is 0.238 e. The molecule has 1 fully saturated rings. The number of rotatable bonds is 5. The summed E-state index contributed by atoms with van der Waals surface area (Å²) in [7, 11) is -3.47. The van der Waals surface area contributed by atoms with Crippen LogP contribution in [0.25, 0.3) is 0 Å². The topological polar surface area (TPSA) is 80.5 Å². The predicted octanol–water partition coefficient (Wildman–Crippen LogP) is 1.74. The first kappa shape index (κ1) is 19.4. The molecule has 0 aromatic heterocycles. The van der Waals surface area contributed by atoms with Crippen molar-refractivity contribution in [2.45, 2.75) is 24.6 Å². The summed E-state index contributed by atoms with van der Waals surface area (Å²) in [6.07, 6.45) is 1.74. The number of amides is 1. The van der Waals surface area contributed by atoms with E-state index in [4.69, 9.17) is 5.73 Å². The number of carbonyl (C=O) groups excluding carboxylic acids is 1. The fourth-order valence-electron chi connectivity index (χ4n) is 2.61. The standard InChI is InChI=1S/C14H19BrN2O3S.ClH/c15-12-4-1-3-11(7-12)9-21(19,20)10-14(18)17-6-2-5-13(17)8-16;/h1,3-4,7,13H,2,5-6,8-10,16H2;1H. The van der Waals surface area contributed by atoms with Crippen LogP contribution in [0.4, 0.5) is 0 Å². The summed E-state index contributed by atoms with van der Waals surface area (Å²) in [5.41, 5.74) is 6.29. The van der Waals surface area contributed by atoms with Crippen LogP contribution in [0.2, 0.25) is 0 Å². The first-order valence-corrected chi connectivity index (χ1v) is 9.47. The Morgan fingerprint density at radius 1 is 1.41 bits per heavy atom. The average molecular weight is 412 g/mol. The first-order valence-electron chi connectivity index (χ1n) is 6.86. The molecule has 0 bridgehead atoms. The van der Waals surface area contributed by atoms with E-state index >= 15 is 0 Å². The van der Waals surface area contributed by atoms with Gasteiger partial charge in [-0.25, -0.2) is 8.42 Å². The second kappa shape index (κ2) is 8.29. The summed E-state index contributed by atoms with van der Waals surface area (Å²) in [6.45, 7) is 0.991. The summed E-state index contributed by atoms with van der Waals surface area (Å²) in [5, 5.41) is 0. The fourth-order valence-corrected chi connectivity index (χ4v) is 4.39. The molecule has 5 nitrogen and oxygen atoms in total. The van der Waals surface area contributed by atoms with Crippen molar-refractivity contribution in [3.8, 4) is 0 Å². The Hall–Kier alpha value is -0.630. The molecule has 2 rings (SSSR count). The van der Waals surface area contributed by atoms with Crippen LogP contribution in [0.15, 0.2) is 28.7 Å². The van der Waals surface area contributed by atoms with Gasteiger partial charge in [0.2, 0.25) is 5.91 Å². The van der Waals surface area contributed by atoms with Gasteiger partial charge in [0.1, 0.15) is 5.75 Å². The molecule has 1 aromatic rings. The molecule has 0 aliphatic carbocycles. The molecule has 1 aromatic carbocycles. The van der Waals surface area contributed by atoms with Crippen molar-refractivity contribution in [2.24, 2.45) is 5.73 Å². The van der Waals surface area contributed by atoms with Crippen LogP contribution in [0.1, 0.15) is 18.4 Å². The number of benzene rings is 1. The van der Waals surface area contributed by atoms with Gasteiger partial charge in [-0.15, -0.1) is 12.4 Å². The largest absolute Gasteiger partial charge is 0.338 e. The quantitative estimate of drug-likeness (QED) is 0.800. The Labute approximate surface area is 145 Å². The van der Waals surface area contributed by atoms with Gasteiger partial charge in [0.25, 0.3) is 0 Å². The zero-order valence-electron chi connectivity index (χ0n) is 12.1. The predicted molar refractivity (Wildman–Crippen MR) is 92.7 cm³/mol.